The van der Waals surface area contributed by atoms with E-state index >= 15 is 0 Å². The number of esters is 1. The molecule has 0 N–H and O–H groups in total. The highest BCUT2D eigenvalue weighted by atomic mass is 16.5. The lowest BCUT2D eigenvalue weighted by Gasteiger charge is -2.69. The van der Waals surface area contributed by atoms with Gasteiger partial charge in [0, 0.05) is 11.5 Å². The maximum atomic E-state index is 13.2. The van der Waals surface area contributed by atoms with Crippen LogP contribution >= 0.6 is 0 Å². The van der Waals surface area contributed by atoms with Crippen molar-refractivity contribution in [2.75, 3.05) is 32.2 Å². The van der Waals surface area contributed by atoms with Gasteiger partial charge in [-0.3, -0.25) is 14.6 Å². The van der Waals surface area contributed by atoms with Crippen molar-refractivity contribution in [3.8, 4) is 0 Å². The molecule has 3 aliphatic carbocycles. The Bertz CT molecular complexity index is 918. The quantitative estimate of drug-likeness (QED) is 0.683. The van der Waals surface area contributed by atoms with Crippen LogP contribution in [-0.2, 0) is 19.7 Å². The molecule has 29 heavy (non-hydrogen) atoms. The van der Waals surface area contributed by atoms with Crippen LogP contribution < -0.4 is 4.90 Å². The molecule has 3 heterocycles. The zero-order chi connectivity index (χ0) is 20.0. The smallest absolute Gasteiger partial charge is 0.414 e. The molecule has 0 unspecified atom stereocenters. The minimum atomic E-state index is -0.602. The summed E-state index contributed by atoms with van der Waals surface area (Å²) < 4.78 is 10.7. The van der Waals surface area contributed by atoms with Crippen molar-refractivity contribution in [1.29, 1.82) is 0 Å². The normalized spacial score (nSPS) is 41.5. The van der Waals surface area contributed by atoms with Crippen molar-refractivity contribution in [2.24, 2.45) is 11.3 Å². The van der Waals surface area contributed by atoms with E-state index in [0.29, 0.717) is 6.04 Å². The van der Waals surface area contributed by atoms with Crippen LogP contribution in [0.1, 0.15) is 44.1 Å². The lowest BCUT2D eigenvalue weighted by Crippen LogP contribution is -2.79. The van der Waals surface area contributed by atoms with Crippen molar-refractivity contribution in [3.05, 3.63) is 29.8 Å². The van der Waals surface area contributed by atoms with Crippen LogP contribution in [0, 0.1) is 11.3 Å². The molecule has 0 aromatic heterocycles. The van der Waals surface area contributed by atoms with Crippen LogP contribution in [0.25, 0.3) is 0 Å². The van der Waals surface area contributed by atoms with E-state index in [0.717, 1.165) is 44.5 Å². The van der Waals surface area contributed by atoms with Crippen LogP contribution in [0.2, 0.25) is 0 Å². The Morgan fingerprint density at radius 3 is 2.66 bits per heavy atom. The van der Waals surface area contributed by atoms with Gasteiger partial charge < -0.3 is 9.47 Å². The molecule has 6 heteroatoms. The number of ether oxygens (including phenoxy) is 2. The molecule has 3 spiro atoms. The Morgan fingerprint density at radius 1 is 1.03 bits per heavy atom. The molecule has 5 fully saturated rings. The molecule has 2 saturated heterocycles. The Morgan fingerprint density at radius 2 is 1.86 bits per heavy atom. The number of hydrogen-bond acceptors (Lipinski definition) is 5. The van der Waals surface area contributed by atoms with Gasteiger partial charge in [0.2, 0.25) is 0 Å². The van der Waals surface area contributed by atoms with Gasteiger partial charge in [0.05, 0.1) is 31.4 Å². The second-order valence-electron chi connectivity index (χ2n) is 9.65. The molecule has 2 bridgehead atoms. The molecule has 1 amide bonds. The zero-order valence-corrected chi connectivity index (χ0v) is 17.1. The van der Waals surface area contributed by atoms with Crippen LogP contribution in [0.15, 0.2) is 24.3 Å². The van der Waals surface area contributed by atoms with Crippen LogP contribution in [0.4, 0.5) is 10.5 Å². The summed E-state index contributed by atoms with van der Waals surface area (Å²) in [6.07, 6.45) is 5.69. The number of anilines is 1. The number of para-hydroxylation sites is 1. The molecule has 3 aliphatic heterocycles. The second-order valence-corrected chi connectivity index (χ2v) is 9.65. The number of piperidine rings is 1. The molecule has 0 radical (unpaired) electrons. The number of rotatable bonds is 1. The number of hydrogen-bond donors (Lipinski definition) is 0. The number of nitrogens with zero attached hydrogens (tertiary/aromatic N) is 2. The van der Waals surface area contributed by atoms with Gasteiger partial charge in [-0.25, -0.2) is 4.79 Å². The third kappa shape index (κ3) is 1.72. The van der Waals surface area contributed by atoms with Gasteiger partial charge >= 0.3 is 12.1 Å². The molecular formula is C23H28N2O4. The van der Waals surface area contributed by atoms with Crippen molar-refractivity contribution < 1.29 is 19.1 Å². The van der Waals surface area contributed by atoms with Crippen LogP contribution in [0.5, 0.6) is 0 Å². The number of benzene rings is 1. The second kappa shape index (κ2) is 5.54. The van der Waals surface area contributed by atoms with E-state index in [2.05, 4.69) is 17.0 Å². The molecule has 7 rings (SSSR count). The summed E-state index contributed by atoms with van der Waals surface area (Å²) in [4.78, 5) is 31.0. The molecule has 3 saturated carbocycles. The minimum absolute atomic E-state index is 0.134. The highest BCUT2D eigenvalue weighted by Crippen LogP contribution is 2.75. The Hall–Kier alpha value is -2.08. The summed E-state index contributed by atoms with van der Waals surface area (Å²) in [7, 11) is 2.92. The monoisotopic (exact) mass is 396 g/mol. The van der Waals surface area contributed by atoms with Gasteiger partial charge in [-0.05, 0) is 68.7 Å². The van der Waals surface area contributed by atoms with E-state index in [1.54, 1.807) is 0 Å². The summed E-state index contributed by atoms with van der Waals surface area (Å²) in [6.45, 7) is 2.15. The highest BCUT2D eigenvalue weighted by molar-refractivity contribution is 5.97. The summed E-state index contributed by atoms with van der Waals surface area (Å²) in [5, 5.41) is 0. The fourth-order valence-corrected chi connectivity index (χ4v) is 8.59. The summed E-state index contributed by atoms with van der Waals surface area (Å²) >= 11 is 0. The summed E-state index contributed by atoms with van der Waals surface area (Å²) in [5.41, 5.74) is 1.47. The predicted molar refractivity (Wildman–Crippen MR) is 107 cm³/mol. The van der Waals surface area contributed by atoms with E-state index in [4.69, 9.17) is 9.47 Å². The van der Waals surface area contributed by atoms with Gasteiger partial charge in [-0.2, -0.15) is 0 Å². The number of carbonyl (C=O) groups excluding carboxylic acids is 2. The van der Waals surface area contributed by atoms with Crippen molar-refractivity contribution in [1.82, 2.24) is 4.90 Å². The number of carbonyl (C=O) groups is 2. The third-order valence-corrected chi connectivity index (χ3v) is 9.16. The summed E-state index contributed by atoms with van der Waals surface area (Å²) in [6, 6.07) is 8.68. The number of methoxy groups -OCH3 is 2. The maximum Gasteiger partial charge on any atom is 0.414 e. The lowest BCUT2D eigenvalue weighted by molar-refractivity contribution is -0.174. The fraction of sp³-hybridized carbons (Fsp3) is 0.652. The largest absolute Gasteiger partial charge is 0.469 e. The Kier molecular flexibility index (Phi) is 3.39. The topological polar surface area (TPSA) is 59.1 Å². The third-order valence-electron chi connectivity index (χ3n) is 9.16. The first kappa shape index (κ1) is 17.8. The number of fused-ring (bicyclic) bond motifs is 3. The van der Waals surface area contributed by atoms with Crippen molar-refractivity contribution in [3.63, 3.8) is 0 Å². The molecule has 154 valence electrons. The molecule has 6 aliphatic rings. The Balaban J connectivity index is 1.69. The van der Waals surface area contributed by atoms with E-state index in [1.165, 1.54) is 32.6 Å². The first-order chi connectivity index (χ1) is 14.1. The van der Waals surface area contributed by atoms with E-state index in [-0.39, 0.29) is 28.8 Å². The fourth-order valence-electron chi connectivity index (χ4n) is 8.59. The summed E-state index contributed by atoms with van der Waals surface area (Å²) in [5.74, 6) is -0.491. The molecule has 5 atom stereocenters. The number of amides is 1. The average Bonchev–Trinajstić information content (AvgIpc) is 3.29. The maximum absolute atomic E-state index is 13.2. The zero-order valence-electron chi connectivity index (χ0n) is 17.1. The lowest BCUT2D eigenvalue weighted by atomic mass is 9.38. The molecular weight excluding hydrogens is 368 g/mol. The Labute approximate surface area is 171 Å². The van der Waals surface area contributed by atoms with Crippen LogP contribution in [0.3, 0.4) is 0 Å². The van der Waals surface area contributed by atoms with Crippen molar-refractivity contribution in [2.45, 2.75) is 55.5 Å². The van der Waals surface area contributed by atoms with E-state index in [1.807, 2.05) is 17.0 Å². The van der Waals surface area contributed by atoms with E-state index < -0.39 is 5.54 Å². The first-order valence-corrected chi connectivity index (χ1v) is 10.9. The minimum Gasteiger partial charge on any atom is -0.469 e. The van der Waals surface area contributed by atoms with Gasteiger partial charge in [-0.15, -0.1) is 0 Å². The first-order valence-electron chi connectivity index (χ1n) is 10.9. The molecule has 6 nitrogen and oxygen atoms in total. The van der Waals surface area contributed by atoms with Gasteiger partial charge in [0.15, 0.2) is 0 Å². The van der Waals surface area contributed by atoms with Gasteiger partial charge in [-0.1, -0.05) is 18.2 Å². The predicted octanol–water partition coefficient (Wildman–Crippen LogP) is 3.09. The standard InChI is InChI=1S/C23H28N2O4/c1-28-18(26)16-14-21-8-5-12-24-13-11-22(19(21)24)15-6-3-4-7-17(15)25(20(27)29-2)23(16,22)10-9-21/h3-4,6-7,16,19H,5,8-14H2,1-2H3/t16-,19-,21-,22+,23-/m0/s1. The molecule has 1 aromatic carbocycles. The van der Waals surface area contributed by atoms with E-state index in [9.17, 15) is 9.59 Å². The van der Waals surface area contributed by atoms with Crippen molar-refractivity contribution >= 4 is 17.7 Å². The van der Waals surface area contributed by atoms with Gasteiger partial charge in [0.1, 0.15) is 0 Å². The highest BCUT2D eigenvalue weighted by Gasteiger charge is 2.81. The van der Waals surface area contributed by atoms with Gasteiger partial charge in [0.25, 0.3) is 0 Å². The van der Waals surface area contributed by atoms with Crippen LogP contribution in [-0.4, -0.2) is 55.9 Å². The average molecular weight is 396 g/mol. The SMILES string of the molecule is COC(=O)[C@@H]1C[C@]23CCCN4CC[C@@]5(c6ccccc6N(C(=O)OC)[C@@]15CC2)[C@@H]43. The molecule has 1 aromatic rings.